The summed E-state index contributed by atoms with van der Waals surface area (Å²) in [6.07, 6.45) is 8.91. The van der Waals surface area contributed by atoms with Gasteiger partial charge in [0.25, 0.3) is 0 Å². The maximum absolute atomic E-state index is 3.76. The van der Waals surface area contributed by atoms with Crippen molar-refractivity contribution in [1.82, 2.24) is 5.32 Å². The third-order valence-corrected chi connectivity index (χ3v) is 5.43. The average molecular weight is 265 g/mol. The molecule has 0 heterocycles. The topological polar surface area (TPSA) is 12.0 Å². The van der Waals surface area contributed by atoms with Gasteiger partial charge in [-0.05, 0) is 89.0 Å². The Morgan fingerprint density at radius 1 is 0.947 bits per heavy atom. The van der Waals surface area contributed by atoms with E-state index in [4.69, 9.17) is 0 Å². The summed E-state index contributed by atoms with van der Waals surface area (Å²) in [7, 11) is 0. The van der Waals surface area contributed by atoms with Crippen LogP contribution in [0.15, 0.2) is 0 Å². The molecule has 1 heteroatoms. The molecule has 19 heavy (non-hydrogen) atoms. The number of hydrogen-bond donors (Lipinski definition) is 1. The van der Waals surface area contributed by atoms with Crippen LogP contribution in [0.2, 0.25) is 0 Å². The first-order valence-corrected chi connectivity index (χ1v) is 8.60. The van der Waals surface area contributed by atoms with Gasteiger partial charge in [0.15, 0.2) is 0 Å². The van der Waals surface area contributed by atoms with E-state index in [0.29, 0.717) is 0 Å². The van der Waals surface area contributed by atoms with Gasteiger partial charge in [0, 0.05) is 5.54 Å². The van der Waals surface area contributed by atoms with Gasteiger partial charge in [-0.15, -0.1) is 0 Å². The highest BCUT2D eigenvalue weighted by atomic mass is 14.9. The van der Waals surface area contributed by atoms with Gasteiger partial charge in [-0.25, -0.2) is 0 Å². The Kier molecular flexibility index (Phi) is 4.98. The molecule has 0 amide bonds. The molecule has 2 aliphatic carbocycles. The van der Waals surface area contributed by atoms with E-state index < -0.39 is 0 Å². The molecule has 2 fully saturated rings. The second-order valence-corrected chi connectivity index (χ2v) is 8.66. The van der Waals surface area contributed by atoms with Crippen LogP contribution in [0, 0.1) is 29.6 Å². The van der Waals surface area contributed by atoms with Crippen LogP contribution in [0.5, 0.6) is 0 Å². The SMILES string of the molecule is CC1CC(C)CC(C2CCCC2CNC(C)(C)C)C1. The fourth-order valence-corrected chi connectivity index (χ4v) is 4.74. The molecule has 2 saturated carbocycles. The fraction of sp³-hybridized carbons (Fsp3) is 1.00. The predicted molar refractivity (Wildman–Crippen MR) is 84.3 cm³/mol. The molecule has 0 aromatic carbocycles. The standard InChI is InChI=1S/C18H35N/c1-13-9-14(2)11-16(10-13)17-8-6-7-15(17)12-19-18(3,4)5/h13-17,19H,6-12H2,1-5H3. The van der Waals surface area contributed by atoms with Gasteiger partial charge >= 0.3 is 0 Å². The van der Waals surface area contributed by atoms with Gasteiger partial charge in [0.05, 0.1) is 0 Å². The normalized spacial score (nSPS) is 40.6. The molecular weight excluding hydrogens is 230 g/mol. The molecule has 0 bridgehead atoms. The summed E-state index contributed by atoms with van der Waals surface area (Å²) in [5.41, 5.74) is 0.278. The van der Waals surface area contributed by atoms with Crippen molar-refractivity contribution in [2.45, 2.75) is 78.7 Å². The summed E-state index contributed by atoms with van der Waals surface area (Å²) in [5.74, 6) is 4.91. The van der Waals surface area contributed by atoms with Crippen molar-refractivity contribution < 1.29 is 0 Å². The Hall–Kier alpha value is -0.0400. The van der Waals surface area contributed by atoms with Crippen LogP contribution in [0.3, 0.4) is 0 Å². The van der Waals surface area contributed by atoms with E-state index in [9.17, 15) is 0 Å². The fourth-order valence-electron chi connectivity index (χ4n) is 4.74. The first-order valence-electron chi connectivity index (χ1n) is 8.60. The maximum atomic E-state index is 3.76. The molecule has 2 rings (SSSR count). The quantitative estimate of drug-likeness (QED) is 0.768. The van der Waals surface area contributed by atoms with E-state index >= 15 is 0 Å². The van der Waals surface area contributed by atoms with E-state index in [-0.39, 0.29) is 5.54 Å². The van der Waals surface area contributed by atoms with E-state index in [1.807, 2.05) is 0 Å². The lowest BCUT2D eigenvalue weighted by molar-refractivity contribution is 0.131. The lowest BCUT2D eigenvalue weighted by Gasteiger charge is -2.38. The zero-order valence-corrected chi connectivity index (χ0v) is 13.8. The largest absolute Gasteiger partial charge is 0.312 e. The van der Waals surface area contributed by atoms with Crippen LogP contribution in [-0.2, 0) is 0 Å². The van der Waals surface area contributed by atoms with Crippen molar-refractivity contribution in [2.24, 2.45) is 29.6 Å². The predicted octanol–water partition coefficient (Wildman–Crippen LogP) is 4.86. The van der Waals surface area contributed by atoms with Crippen LogP contribution in [-0.4, -0.2) is 12.1 Å². The summed E-state index contributed by atoms with van der Waals surface area (Å²) < 4.78 is 0. The Morgan fingerprint density at radius 3 is 2.16 bits per heavy atom. The van der Waals surface area contributed by atoms with Crippen molar-refractivity contribution in [3.8, 4) is 0 Å². The molecule has 1 N–H and O–H groups in total. The molecule has 0 spiro atoms. The van der Waals surface area contributed by atoms with Crippen LogP contribution >= 0.6 is 0 Å². The third-order valence-electron chi connectivity index (χ3n) is 5.43. The highest BCUT2D eigenvalue weighted by Gasteiger charge is 2.37. The number of nitrogens with one attached hydrogen (secondary N) is 1. The van der Waals surface area contributed by atoms with Gasteiger partial charge in [-0.1, -0.05) is 20.3 Å². The lowest BCUT2D eigenvalue weighted by Crippen LogP contribution is -2.41. The molecule has 0 aliphatic heterocycles. The van der Waals surface area contributed by atoms with Gasteiger partial charge in [0.2, 0.25) is 0 Å². The second-order valence-electron chi connectivity index (χ2n) is 8.66. The van der Waals surface area contributed by atoms with E-state index in [1.54, 1.807) is 0 Å². The Morgan fingerprint density at radius 2 is 1.58 bits per heavy atom. The lowest BCUT2D eigenvalue weighted by atomic mass is 9.69. The smallest absolute Gasteiger partial charge is 0.00966 e. The minimum Gasteiger partial charge on any atom is -0.312 e. The molecule has 0 saturated heterocycles. The Balaban J connectivity index is 1.90. The van der Waals surface area contributed by atoms with Gasteiger partial charge < -0.3 is 5.32 Å². The van der Waals surface area contributed by atoms with Crippen LogP contribution in [0.25, 0.3) is 0 Å². The molecule has 0 aromatic rings. The summed E-state index contributed by atoms with van der Waals surface area (Å²) in [6, 6.07) is 0. The zero-order valence-electron chi connectivity index (χ0n) is 13.8. The van der Waals surface area contributed by atoms with E-state index in [2.05, 4.69) is 39.9 Å². The zero-order chi connectivity index (χ0) is 14.0. The van der Waals surface area contributed by atoms with Crippen LogP contribution < -0.4 is 5.32 Å². The Labute approximate surface area is 120 Å². The van der Waals surface area contributed by atoms with Crippen LogP contribution in [0.1, 0.15) is 73.1 Å². The van der Waals surface area contributed by atoms with Gasteiger partial charge in [-0.3, -0.25) is 0 Å². The van der Waals surface area contributed by atoms with Crippen molar-refractivity contribution in [1.29, 1.82) is 0 Å². The van der Waals surface area contributed by atoms with Crippen molar-refractivity contribution in [3.05, 3.63) is 0 Å². The van der Waals surface area contributed by atoms with E-state index in [0.717, 1.165) is 29.6 Å². The molecule has 1 nitrogen and oxygen atoms in total. The highest BCUT2D eigenvalue weighted by molar-refractivity contribution is 4.89. The molecular formula is C18H35N. The summed E-state index contributed by atoms with van der Waals surface area (Å²) in [5, 5.41) is 3.76. The second kappa shape index (κ2) is 6.16. The van der Waals surface area contributed by atoms with Gasteiger partial charge in [0.1, 0.15) is 0 Å². The maximum Gasteiger partial charge on any atom is 0.00966 e. The monoisotopic (exact) mass is 265 g/mol. The first-order chi connectivity index (χ1) is 8.85. The van der Waals surface area contributed by atoms with Gasteiger partial charge in [-0.2, -0.15) is 0 Å². The number of rotatable bonds is 3. The summed E-state index contributed by atoms with van der Waals surface area (Å²) in [4.78, 5) is 0. The molecule has 4 unspecified atom stereocenters. The van der Waals surface area contributed by atoms with E-state index in [1.165, 1.54) is 45.1 Å². The highest BCUT2D eigenvalue weighted by Crippen LogP contribution is 2.45. The summed E-state index contributed by atoms with van der Waals surface area (Å²) >= 11 is 0. The molecule has 2 aliphatic rings. The van der Waals surface area contributed by atoms with Crippen molar-refractivity contribution in [3.63, 3.8) is 0 Å². The molecule has 112 valence electrons. The first kappa shape index (κ1) is 15.4. The molecule has 4 atom stereocenters. The van der Waals surface area contributed by atoms with Crippen molar-refractivity contribution >= 4 is 0 Å². The molecule has 0 aromatic heterocycles. The average Bonchev–Trinajstić information content (AvgIpc) is 2.72. The Bertz CT molecular complexity index is 268. The minimum absolute atomic E-state index is 0.278. The van der Waals surface area contributed by atoms with Crippen molar-refractivity contribution in [2.75, 3.05) is 6.54 Å². The van der Waals surface area contributed by atoms with Crippen LogP contribution in [0.4, 0.5) is 0 Å². The minimum atomic E-state index is 0.278. The third kappa shape index (κ3) is 4.48. The molecule has 0 radical (unpaired) electrons. The number of hydrogen-bond acceptors (Lipinski definition) is 1. The summed E-state index contributed by atoms with van der Waals surface area (Å²) in [6.45, 7) is 13.1.